The van der Waals surface area contributed by atoms with Crippen molar-refractivity contribution < 1.29 is 24.4 Å². The van der Waals surface area contributed by atoms with Gasteiger partial charge in [0.15, 0.2) is 6.29 Å². The van der Waals surface area contributed by atoms with Crippen LogP contribution < -0.4 is 5.32 Å². The lowest BCUT2D eigenvalue weighted by Crippen LogP contribution is -2.53. The first kappa shape index (κ1) is 22.4. The van der Waals surface area contributed by atoms with Crippen LogP contribution in [0.3, 0.4) is 0 Å². The molecule has 0 bridgehead atoms. The van der Waals surface area contributed by atoms with Crippen LogP contribution in [-0.4, -0.2) is 60.8 Å². The Morgan fingerprint density at radius 1 is 0.893 bits per heavy atom. The van der Waals surface area contributed by atoms with Crippen molar-refractivity contribution in [2.24, 2.45) is 11.8 Å². The summed E-state index contributed by atoms with van der Waals surface area (Å²) in [6, 6.07) is 0.609. The maximum atomic E-state index is 9.17. The normalized spacial score (nSPS) is 36.5. The molecule has 1 aliphatic heterocycles. The largest absolute Gasteiger partial charge is 0.378 e. The van der Waals surface area contributed by atoms with Crippen LogP contribution in [0, 0.1) is 11.8 Å². The van der Waals surface area contributed by atoms with Crippen molar-refractivity contribution in [2.45, 2.75) is 114 Å². The molecule has 0 aromatic heterocycles. The van der Waals surface area contributed by atoms with Gasteiger partial charge in [0, 0.05) is 19.1 Å². The Labute approximate surface area is 170 Å². The highest BCUT2D eigenvalue weighted by Crippen LogP contribution is 2.33. The molecule has 2 saturated carbocycles. The molecule has 3 rings (SSSR count). The minimum atomic E-state index is -1.41. The topological polar surface area (TPSA) is 80.2 Å². The summed E-state index contributed by atoms with van der Waals surface area (Å²) < 4.78 is 17.8. The Hall–Kier alpha value is -0.240. The molecule has 2 aliphatic carbocycles. The lowest BCUT2D eigenvalue weighted by Gasteiger charge is -2.41. The van der Waals surface area contributed by atoms with Crippen LogP contribution in [0.2, 0.25) is 0 Å². The number of ether oxygens (including phenoxy) is 3. The van der Waals surface area contributed by atoms with E-state index in [0.29, 0.717) is 12.0 Å². The summed E-state index contributed by atoms with van der Waals surface area (Å²) in [6.07, 6.45) is 11.7. The molecule has 3 aliphatic rings. The van der Waals surface area contributed by atoms with E-state index < -0.39 is 12.4 Å². The first-order chi connectivity index (χ1) is 13.6. The van der Waals surface area contributed by atoms with Crippen molar-refractivity contribution in [1.29, 1.82) is 0 Å². The van der Waals surface area contributed by atoms with Gasteiger partial charge in [0.2, 0.25) is 0 Å². The third kappa shape index (κ3) is 6.38. The molecule has 0 aromatic rings. The van der Waals surface area contributed by atoms with Gasteiger partial charge in [-0.1, -0.05) is 19.3 Å². The first-order valence-electron chi connectivity index (χ1n) is 11.5. The summed E-state index contributed by atoms with van der Waals surface area (Å²) in [4.78, 5) is 0. The van der Waals surface area contributed by atoms with Crippen LogP contribution in [-0.2, 0) is 14.2 Å². The van der Waals surface area contributed by atoms with Crippen LogP contribution >= 0.6 is 0 Å². The van der Waals surface area contributed by atoms with Gasteiger partial charge in [-0.05, 0) is 64.2 Å². The molecular formula is C22H41NO5. The molecule has 0 radical (unpaired) electrons. The van der Waals surface area contributed by atoms with Crippen molar-refractivity contribution in [3.8, 4) is 0 Å². The van der Waals surface area contributed by atoms with Crippen molar-refractivity contribution in [2.75, 3.05) is 13.7 Å². The zero-order chi connectivity index (χ0) is 19.9. The Morgan fingerprint density at radius 2 is 1.57 bits per heavy atom. The van der Waals surface area contributed by atoms with E-state index in [2.05, 4.69) is 5.32 Å². The lowest BCUT2D eigenvalue weighted by atomic mass is 9.79. The summed E-state index contributed by atoms with van der Waals surface area (Å²) in [5.74, 6) is 1.24. The second-order valence-electron chi connectivity index (χ2n) is 9.15. The van der Waals surface area contributed by atoms with Crippen molar-refractivity contribution in [3.05, 3.63) is 0 Å². The van der Waals surface area contributed by atoms with Gasteiger partial charge in [0.05, 0.1) is 18.8 Å². The monoisotopic (exact) mass is 399 g/mol. The van der Waals surface area contributed by atoms with Gasteiger partial charge in [-0.2, -0.15) is 0 Å². The number of rotatable bonds is 8. The van der Waals surface area contributed by atoms with Crippen LogP contribution in [0.1, 0.15) is 77.6 Å². The summed E-state index contributed by atoms with van der Waals surface area (Å²) in [7, 11) is 1.81. The Balaban J connectivity index is 1.36. The van der Waals surface area contributed by atoms with Crippen molar-refractivity contribution in [1.82, 2.24) is 5.32 Å². The maximum Gasteiger partial charge on any atom is 0.178 e. The first-order valence-corrected chi connectivity index (χ1v) is 11.5. The summed E-state index contributed by atoms with van der Waals surface area (Å²) in [5, 5.41) is 22.1. The molecule has 1 heterocycles. The van der Waals surface area contributed by atoms with Gasteiger partial charge >= 0.3 is 0 Å². The minimum Gasteiger partial charge on any atom is -0.378 e. The fourth-order valence-corrected chi connectivity index (χ4v) is 5.28. The van der Waals surface area contributed by atoms with E-state index in [1.165, 1.54) is 44.9 Å². The molecule has 28 heavy (non-hydrogen) atoms. The number of hydrogen-bond acceptors (Lipinski definition) is 6. The summed E-state index contributed by atoms with van der Waals surface area (Å²) in [5.41, 5.74) is 0. The zero-order valence-electron chi connectivity index (χ0n) is 17.7. The van der Waals surface area contributed by atoms with Gasteiger partial charge in [0.25, 0.3) is 0 Å². The van der Waals surface area contributed by atoms with Crippen LogP contribution in [0.5, 0.6) is 0 Å². The highest BCUT2D eigenvalue weighted by atomic mass is 16.6. The third-order valence-corrected chi connectivity index (χ3v) is 7.12. The smallest absolute Gasteiger partial charge is 0.178 e. The lowest BCUT2D eigenvalue weighted by molar-refractivity contribution is -0.166. The van der Waals surface area contributed by atoms with Gasteiger partial charge in [0.1, 0.15) is 12.3 Å². The van der Waals surface area contributed by atoms with E-state index >= 15 is 0 Å². The number of piperidine rings is 1. The predicted octanol–water partition coefficient (Wildman–Crippen LogP) is 2.95. The van der Waals surface area contributed by atoms with E-state index in [9.17, 15) is 10.2 Å². The zero-order valence-corrected chi connectivity index (χ0v) is 17.7. The average Bonchev–Trinajstić information content (AvgIpc) is 2.73. The fraction of sp³-hybridized carbons (Fsp3) is 1.00. The van der Waals surface area contributed by atoms with E-state index in [1.807, 2.05) is 7.11 Å². The van der Waals surface area contributed by atoms with Crippen molar-refractivity contribution in [3.63, 3.8) is 0 Å². The fourth-order valence-electron chi connectivity index (χ4n) is 5.28. The number of nitrogens with one attached hydrogen (secondary N) is 1. The Morgan fingerprint density at radius 3 is 2.21 bits per heavy atom. The minimum absolute atomic E-state index is 0.104. The molecule has 1 saturated heterocycles. The molecule has 4 atom stereocenters. The number of aliphatic hydroxyl groups excluding tert-OH is 1. The summed E-state index contributed by atoms with van der Waals surface area (Å²) >= 11 is 0. The molecule has 4 unspecified atom stereocenters. The van der Waals surface area contributed by atoms with Crippen LogP contribution in [0.15, 0.2) is 0 Å². The quantitative estimate of drug-likeness (QED) is 0.545. The molecule has 0 spiro atoms. The predicted molar refractivity (Wildman–Crippen MR) is 108 cm³/mol. The maximum absolute atomic E-state index is 9.17. The Bertz CT molecular complexity index is 435. The molecular weight excluding hydrogens is 358 g/mol. The number of hydrogen-bond donors (Lipinski definition) is 3. The summed E-state index contributed by atoms with van der Waals surface area (Å²) in [6.45, 7) is 2.46. The number of methoxy groups -OCH3 is 1. The number of aliphatic hydroxyl groups is 2. The standard InChI is InChI=1S/C22H41NO5/c1-15(22(24)25)28-19-11-9-18(10-12-19)27-14-17-8-13-20(23-21(17)26-2)16-6-4-3-5-7-16/h15-25H,3-14H2,1-2H3. The molecule has 3 N–H and O–H groups in total. The van der Waals surface area contributed by atoms with Crippen LogP contribution in [0.25, 0.3) is 0 Å². The van der Waals surface area contributed by atoms with E-state index in [-0.39, 0.29) is 18.4 Å². The van der Waals surface area contributed by atoms with Gasteiger partial charge in [-0.25, -0.2) is 0 Å². The Kier molecular flexibility index (Phi) is 9.00. The molecule has 3 fully saturated rings. The van der Waals surface area contributed by atoms with E-state index in [4.69, 9.17) is 14.2 Å². The molecule has 6 nitrogen and oxygen atoms in total. The third-order valence-electron chi connectivity index (χ3n) is 7.12. The molecule has 0 amide bonds. The van der Waals surface area contributed by atoms with Crippen molar-refractivity contribution >= 4 is 0 Å². The van der Waals surface area contributed by atoms with Gasteiger partial charge < -0.3 is 24.4 Å². The second-order valence-corrected chi connectivity index (χ2v) is 9.15. The van der Waals surface area contributed by atoms with E-state index in [0.717, 1.165) is 38.2 Å². The van der Waals surface area contributed by atoms with Crippen LogP contribution in [0.4, 0.5) is 0 Å². The molecule has 6 heteroatoms. The highest BCUT2D eigenvalue weighted by Gasteiger charge is 2.35. The highest BCUT2D eigenvalue weighted by molar-refractivity contribution is 4.88. The molecule has 164 valence electrons. The van der Waals surface area contributed by atoms with Gasteiger partial charge in [-0.3, -0.25) is 5.32 Å². The average molecular weight is 400 g/mol. The molecule has 0 aromatic carbocycles. The van der Waals surface area contributed by atoms with Gasteiger partial charge in [-0.15, -0.1) is 0 Å². The van der Waals surface area contributed by atoms with E-state index in [1.54, 1.807) is 6.92 Å². The SMILES string of the molecule is COC1NC(C2CCCCC2)CCC1COC1CCC(OC(C)C(O)O)CC1. The second kappa shape index (κ2) is 11.2.